The maximum Gasteiger partial charge on any atom is 0.343 e. The minimum Gasteiger partial charge on any atom is -0.422 e. The molecule has 0 saturated carbocycles. The Morgan fingerprint density at radius 1 is 0.853 bits per heavy atom. The van der Waals surface area contributed by atoms with Crippen molar-refractivity contribution in [2.45, 2.75) is 71.6 Å². The van der Waals surface area contributed by atoms with Gasteiger partial charge in [0.05, 0.1) is 11.1 Å². The van der Waals surface area contributed by atoms with Crippen molar-refractivity contribution >= 4 is 5.97 Å². The van der Waals surface area contributed by atoms with Gasteiger partial charge in [0, 0.05) is 18.0 Å². The Labute approximate surface area is 202 Å². The molecule has 0 aliphatic carbocycles. The molecule has 0 aliphatic rings. The van der Waals surface area contributed by atoms with Gasteiger partial charge in [-0.1, -0.05) is 70.6 Å². The van der Waals surface area contributed by atoms with E-state index in [9.17, 15) is 10.1 Å². The van der Waals surface area contributed by atoms with Crippen LogP contribution in [-0.4, -0.2) is 15.9 Å². The molecule has 0 bridgehead atoms. The molecule has 0 fully saturated rings. The first-order valence-corrected chi connectivity index (χ1v) is 12.3. The van der Waals surface area contributed by atoms with Crippen molar-refractivity contribution in [3.8, 4) is 23.2 Å². The van der Waals surface area contributed by atoms with Gasteiger partial charge in [-0.05, 0) is 54.7 Å². The summed E-state index contributed by atoms with van der Waals surface area (Å²) in [5.74, 6) is 0.413. The maximum atomic E-state index is 12.7. The third kappa shape index (κ3) is 7.25. The van der Waals surface area contributed by atoms with Crippen LogP contribution >= 0.6 is 0 Å². The van der Waals surface area contributed by atoms with Crippen molar-refractivity contribution in [3.05, 3.63) is 77.1 Å². The van der Waals surface area contributed by atoms with Crippen molar-refractivity contribution in [1.29, 1.82) is 5.26 Å². The van der Waals surface area contributed by atoms with E-state index < -0.39 is 5.97 Å². The Hall–Kier alpha value is -3.52. The van der Waals surface area contributed by atoms with Gasteiger partial charge >= 0.3 is 5.97 Å². The van der Waals surface area contributed by atoms with Gasteiger partial charge in [-0.25, -0.2) is 14.8 Å². The van der Waals surface area contributed by atoms with Gasteiger partial charge < -0.3 is 4.74 Å². The molecule has 176 valence electrons. The minimum absolute atomic E-state index is 0.290. The highest BCUT2D eigenvalue weighted by atomic mass is 16.5. The second kappa shape index (κ2) is 13.3. The lowest BCUT2D eigenvalue weighted by Gasteiger charge is -2.09. The number of hydrogen-bond donors (Lipinski definition) is 0. The molecule has 0 unspecified atom stereocenters. The van der Waals surface area contributed by atoms with Crippen LogP contribution in [0.2, 0.25) is 0 Å². The summed E-state index contributed by atoms with van der Waals surface area (Å²) in [4.78, 5) is 21.5. The van der Waals surface area contributed by atoms with Crippen LogP contribution in [0.15, 0.2) is 54.9 Å². The molecule has 5 nitrogen and oxygen atoms in total. The van der Waals surface area contributed by atoms with E-state index in [0.29, 0.717) is 17.0 Å². The van der Waals surface area contributed by atoms with Gasteiger partial charge in [0.25, 0.3) is 0 Å². The highest BCUT2D eigenvalue weighted by molar-refractivity contribution is 5.91. The molecule has 0 radical (unpaired) electrons. The van der Waals surface area contributed by atoms with Crippen molar-refractivity contribution in [1.82, 2.24) is 9.97 Å². The molecule has 0 atom stereocenters. The van der Waals surface area contributed by atoms with Crippen LogP contribution in [0.25, 0.3) is 11.4 Å². The Morgan fingerprint density at radius 2 is 1.56 bits per heavy atom. The summed E-state index contributed by atoms with van der Waals surface area (Å²) in [7, 11) is 0. The average Bonchev–Trinajstić information content (AvgIpc) is 2.87. The maximum absolute atomic E-state index is 12.7. The molecule has 1 aromatic heterocycles. The van der Waals surface area contributed by atoms with Crippen LogP contribution in [0.5, 0.6) is 5.75 Å². The number of carbonyl (C=O) groups is 1. The number of nitriles is 1. The largest absolute Gasteiger partial charge is 0.422 e. The quantitative estimate of drug-likeness (QED) is 0.165. The number of rotatable bonds is 12. The zero-order valence-corrected chi connectivity index (χ0v) is 20.2. The van der Waals surface area contributed by atoms with Crippen LogP contribution in [0.1, 0.15) is 85.8 Å². The summed E-state index contributed by atoms with van der Waals surface area (Å²) < 4.78 is 5.54. The summed E-state index contributed by atoms with van der Waals surface area (Å²) in [6.07, 6.45) is 14.0. The van der Waals surface area contributed by atoms with Gasteiger partial charge in [0.2, 0.25) is 0 Å². The summed E-state index contributed by atoms with van der Waals surface area (Å²) in [6, 6.07) is 14.7. The second-order valence-electron chi connectivity index (χ2n) is 8.59. The highest BCUT2D eigenvalue weighted by Crippen LogP contribution is 2.23. The van der Waals surface area contributed by atoms with Crippen LogP contribution in [0, 0.1) is 11.3 Å². The molecular formula is C29H33N3O2. The zero-order chi connectivity index (χ0) is 24.2. The molecule has 34 heavy (non-hydrogen) atoms. The van der Waals surface area contributed by atoms with Crippen molar-refractivity contribution in [3.63, 3.8) is 0 Å². The number of carbonyl (C=O) groups excluding carboxylic acids is 1. The Bertz CT molecular complexity index is 1100. The third-order valence-electron chi connectivity index (χ3n) is 5.81. The molecule has 0 amide bonds. The van der Waals surface area contributed by atoms with E-state index in [1.807, 2.05) is 24.5 Å². The van der Waals surface area contributed by atoms with E-state index in [2.05, 4.69) is 29.9 Å². The lowest BCUT2D eigenvalue weighted by Crippen LogP contribution is -2.09. The monoisotopic (exact) mass is 455 g/mol. The first-order valence-electron chi connectivity index (χ1n) is 12.3. The number of unbranched alkanes of at least 4 members (excludes halogenated alkanes) is 5. The summed E-state index contributed by atoms with van der Waals surface area (Å²) >= 11 is 0. The molecule has 3 rings (SSSR count). The lowest BCUT2D eigenvalue weighted by atomic mass is 10.0. The average molecular weight is 456 g/mol. The standard InChI is InChI=1S/C29H33N3O2/c1-3-5-6-7-8-9-11-22-12-17-27(26(18-22)19-30)34-29(33)25-15-13-24(14-16-25)28-31-20-23(10-4-2)21-32-28/h12-18,20-21H,3-11H2,1-2H3. The van der Waals surface area contributed by atoms with Crippen molar-refractivity contribution in [2.75, 3.05) is 0 Å². The Kier molecular flexibility index (Phi) is 9.79. The van der Waals surface area contributed by atoms with E-state index in [1.54, 1.807) is 30.3 Å². The molecule has 0 aliphatic heterocycles. The first-order chi connectivity index (χ1) is 16.6. The fourth-order valence-corrected chi connectivity index (χ4v) is 3.85. The Morgan fingerprint density at radius 3 is 2.24 bits per heavy atom. The van der Waals surface area contributed by atoms with E-state index in [1.165, 1.54) is 32.1 Å². The molecule has 0 saturated heterocycles. The van der Waals surface area contributed by atoms with Crippen LogP contribution in [0.3, 0.4) is 0 Å². The number of benzene rings is 2. The predicted molar refractivity (Wildman–Crippen MR) is 135 cm³/mol. The molecule has 3 aromatic rings. The normalized spacial score (nSPS) is 10.6. The van der Waals surface area contributed by atoms with Gasteiger partial charge in [-0.3, -0.25) is 0 Å². The summed E-state index contributed by atoms with van der Waals surface area (Å²) in [6.45, 7) is 4.34. The predicted octanol–water partition coefficient (Wildman–Crippen LogP) is 7.09. The van der Waals surface area contributed by atoms with E-state index in [0.717, 1.165) is 42.4 Å². The number of aromatic nitrogens is 2. The van der Waals surface area contributed by atoms with Gasteiger partial charge in [-0.2, -0.15) is 5.26 Å². The van der Waals surface area contributed by atoms with Crippen LogP contribution in [0.4, 0.5) is 0 Å². The molecular weight excluding hydrogens is 422 g/mol. The van der Waals surface area contributed by atoms with E-state index in [-0.39, 0.29) is 5.75 Å². The fraction of sp³-hybridized carbons (Fsp3) is 0.379. The van der Waals surface area contributed by atoms with Crippen LogP contribution in [-0.2, 0) is 12.8 Å². The number of nitrogens with zero attached hydrogens (tertiary/aromatic N) is 3. The molecule has 5 heteroatoms. The number of hydrogen-bond acceptors (Lipinski definition) is 5. The summed E-state index contributed by atoms with van der Waals surface area (Å²) in [5, 5.41) is 9.56. The molecule has 0 spiro atoms. The lowest BCUT2D eigenvalue weighted by molar-refractivity contribution is 0.0734. The number of ether oxygens (including phenoxy) is 1. The SMILES string of the molecule is CCCCCCCCc1ccc(OC(=O)c2ccc(-c3ncc(CCC)cn3)cc2)c(C#N)c1. The topological polar surface area (TPSA) is 75.9 Å². The highest BCUT2D eigenvalue weighted by Gasteiger charge is 2.13. The van der Waals surface area contributed by atoms with Crippen LogP contribution < -0.4 is 4.74 Å². The smallest absolute Gasteiger partial charge is 0.343 e. The van der Waals surface area contributed by atoms with E-state index >= 15 is 0 Å². The number of esters is 1. The Balaban J connectivity index is 1.59. The first kappa shape index (κ1) is 25.1. The summed E-state index contributed by atoms with van der Waals surface area (Å²) in [5.41, 5.74) is 3.83. The number of aryl methyl sites for hydroxylation is 2. The zero-order valence-electron chi connectivity index (χ0n) is 20.2. The van der Waals surface area contributed by atoms with E-state index in [4.69, 9.17) is 4.74 Å². The second-order valence-corrected chi connectivity index (χ2v) is 8.59. The van der Waals surface area contributed by atoms with Gasteiger partial charge in [-0.15, -0.1) is 0 Å². The van der Waals surface area contributed by atoms with Gasteiger partial charge in [0.1, 0.15) is 11.8 Å². The molecule has 1 heterocycles. The van der Waals surface area contributed by atoms with Gasteiger partial charge in [0.15, 0.2) is 5.82 Å². The minimum atomic E-state index is -0.495. The third-order valence-corrected chi connectivity index (χ3v) is 5.81. The van der Waals surface area contributed by atoms with Crippen molar-refractivity contribution < 1.29 is 9.53 Å². The fourth-order valence-electron chi connectivity index (χ4n) is 3.85. The molecule has 2 aromatic carbocycles. The molecule has 0 N–H and O–H groups in total. The van der Waals surface area contributed by atoms with Crippen molar-refractivity contribution in [2.24, 2.45) is 0 Å².